The number of amides is 1. The van der Waals surface area contributed by atoms with E-state index in [1.807, 2.05) is 24.6 Å². The van der Waals surface area contributed by atoms with Crippen molar-refractivity contribution in [2.45, 2.75) is 26.6 Å². The number of nitrogens with zero attached hydrogens (tertiary/aromatic N) is 2. The number of alkyl halides is 3. The van der Waals surface area contributed by atoms with E-state index in [2.05, 4.69) is 10.3 Å². The van der Waals surface area contributed by atoms with Crippen LogP contribution in [0.2, 0.25) is 0 Å². The number of hydrogen-bond acceptors (Lipinski definition) is 2. The van der Waals surface area contributed by atoms with Gasteiger partial charge in [-0.3, -0.25) is 4.79 Å². The van der Waals surface area contributed by atoms with Crippen LogP contribution in [0.1, 0.15) is 23.9 Å². The third kappa shape index (κ3) is 5.77. The lowest BCUT2D eigenvalue weighted by Crippen LogP contribution is -2.28. The summed E-state index contributed by atoms with van der Waals surface area (Å²) in [5.41, 5.74) is -0.411. The Hall–Kier alpha value is -2.57. The molecular weight excluding hydrogens is 331 g/mol. The minimum absolute atomic E-state index is 0.193. The molecule has 0 aliphatic carbocycles. The second kappa shape index (κ2) is 8.00. The predicted octanol–water partition coefficient (Wildman–Crippen LogP) is 3.68. The first-order valence-corrected chi connectivity index (χ1v) is 7.86. The van der Waals surface area contributed by atoms with Crippen LogP contribution in [-0.2, 0) is 17.5 Å². The van der Waals surface area contributed by atoms with Crippen molar-refractivity contribution in [1.29, 1.82) is 0 Å². The largest absolute Gasteiger partial charge is 0.416 e. The maximum absolute atomic E-state index is 12.7. The lowest BCUT2D eigenvalue weighted by Gasteiger charge is -2.13. The SMILES string of the molecule is Cc1nccn1CC(C)CNC(=O)/C=C/c1cccc(C(F)(F)F)c1. The Balaban J connectivity index is 1.85. The summed E-state index contributed by atoms with van der Waals surface area (Å²) in [4.78, 5) is 16.0. The molecule has 0 aliphatic rings. The molecule has 1 aromatic heterocycles. The summed E-state index contributed by atoms with van der Waals surface area (Å²) in [5.74, 6) is 0.757. The van der Waals surface area contributed by atoms with Crippen molar-refractivity contribution in [3.63, 3.8) is 0 Å². The molecule has 0 bridgehead atoms. The van der Waals surface area contributed by atoms with Gasteiger partial charge < -0.3 is 9.88 Å². The minimum atomic E-state index is -4.40. The molecule has 0 radical (unpaired) electrons. The Morgan fingerprint density at radius 3 is 2.80 bits per heavy atom. The number of aromatic nitrogens is 2. The minimum Gasteiger partial charge on any atom is -0.352 e. The van der Waals surface area contributed by atoms with E-state index in [4.69, 9.17) is 0 Å². The van der Waals surface area contributed by atoms with Crippen LogP contribution in [0.5, 0.6) is 0 Å². The molecule has 2 rings (SSSR count). The Bertz CT molecular complexity index is 750. The van der Waals surface area contributed by atoms with E-state index < -0.39 is 11.7 Å². The summed E-state index contributed by atoms with van der Waals surface area (Å²) >= 11 is 0. The summed E-state index contributed by atoms with van der Waals surface area (Å²) in [5, 5.41) is 2.75. The summed E-state index contributed by atoms with van der Waals surface area (Å²) in [6, 6.07) is 4.84. The Labute approximate surface area is 144 Å². The zero-order chi connectivity index (χ0) is 18.4. The fourth-order valence-electron chi connectivity index (χ4n) is 2.32. The molecule has 25 heavy (non-hydrogen) atoms. The van der Waals surface area contributed by atoms with E-state index in [0.29, 0.717) is 12.1 Å². The number of carbonyl (C=O) groups is 1. The van der Waals surface area contributed by atoms with Gasteiger partial charge in [0, 0.05) is 31.6 Å². The van der Waals surface area contributed by atoms with Crippen LogP contribution in [0.15, 0.2) is 42.7 Å². The molecule has 1 unspecified atom stereocenters. The standard InChI is InChI=1S/C18H20F3N3O/c1-13(12-24-9-8-22-14(24)2)11-23-17(25)7-6-15-4-3-5-16(10-15)18(19,20)21/h3-10,13H,11-12H2,1-2H3,(H,23,25)/b7-6+. The van der Waals surface area contributed by atoms with Crippen LogP contribution in [0.3, 0.4) is 0 Å². The van der Waals surface area contributed by atoms with Gasteiger partial charge in [-0.15, -0.1) is 0 Å². The maximum Gasteiger partial charge on any atom is 0.416 e. The topological polar surface area (TPSA) is 46.9 Å². The number of hydrogen-bond donors (Lipinski definition) is 1. The first-order chi connectivity index (χ1) is 11.8. The van der Waals surface area contributed by atoms with Crippen molar-refractivity contribution < 1.29 is 18.0 Å². The number of halogens is 3. The van der Waals surface area contributed by atoms with Crippen molar-refractivity contribution in [3.8, 4) is 0 Å². The molecule has 0 aliphatic heterocycles. The van der Waals surface area contributed by atoms with Gasteiger partial charge >= 0.3 is 6.18 Å². The van der Waals surface area contributed by atoms with Gasteiger partial charge in [0.2, 0.25) is 5.91 Å². The monoisotopic (exact) mass is 351 g/mol. The second-order valence-corrected chi connectivity index (χ2v) is 5.93. The molecule has 2 aromatic rings. The number of imidazole rings is 1. The Morgan fingerprint density at radius 2 is 2.16 bits per heavy atom. The molecule has 0 spiro atoms. The molecule has 134 valence electrons. The molecular formula is C18H20F3N3O. The van der Waals surface area contributed by atoms with Gasteiger partial charge in [-0.25, -0.2) is 4.98 Å². The van der Waals surface area contributed by atoms with E-state index in [-0.39, 0.29) is 11.8 Å². The molecule has 4 nitrogen and oxygen atoms in total. The predicted molar refractivity (Wildman–Crippen MR) is 89.6 cm³/mol. The number of rotatable bonds is 6. The lowest BCUT2D eigenvalue weighted by molar-refractivity contribution is -0.137. The van der Waals surface area contributed by atoms with Crippen molar-refractivity contribution in [2.24, 2.45) is 5.92 Å². The lowest BCUT2D eigenvalue weighted by atomic mass is 10.1. The van der Waals surface area contributed by atoms with Gasteiger partial charge in [-0.1, -0.05) is 19.1 Å². The number of benzene rings is 1. The Morgan fingerprint density at radius 1 is 1.40 bits per heavy atom. The number of nitrogens with one attached hydrogen (secondary N) is 1. The summed E-state index contributed by atoms with van der Waals surface area (Å²) < 4.78 is 39.9. The van der Waals surface area contributed by atoms with Crippen molar-refractivity contribution >= 4 is 12.0 Å². The Kier molecular flexibility index (Phi) is 6.01. The van der Waals surface area contributed by atoms with E-state index in [9.17, 15) is 18.0 Å². The van der Waals surface area contributed by atoms with Gasteiger partial charge in [-0.05, 0) is 36.6 Å². The van der Waals surface area contributed by atoms with E-state index in [0.717, 1.165) is 24.5 Å². The van der Waals surface area contributed by atoms with E-state index in [1.54, 1.807) is 6.20 Å². The third-order valence-corrected chi connectivity index (χ3v) is 3.70. The highest BCUT2D eigenvalue weighted by molar-refractivity contribution is 5.91. The molecule has 0 saturated heterocycles. The van der Waals surface area contributed by atoms with Crippen molar-refractivity contribution in [3.05, 3.63) is 59.7 Å². The molecule has 1 atom stereocenters. The first kappa shape index (κ1) is 18.8. The van der Waals surface area contributed by atoms with Crippen LogP contribution < -0.4 is 5.32 Å². The van der Waals surface area contributed by atoms with Crippen LogP contribution >= 0.6 is 0 Å². The number of carbonyl (C=O) groups excluding carboxylic acids is 1. The van der Waals surface area contributed by atoms with Crippen LogP contribution in [0.25, 0.3) is 6.08 Å². The van der Waals surface area contributed by atoms with Gasteiger partial charge in [0.15, 0.2) is 0 Å². The summed E-state index contributed by atoms with van der Waals surface area (Å²) in [6.07, 6.45) is 1.81. The van der Waals surface area contributed by atoms with Crippen LogP contribution in [-0.4, -0.2) is 22.0 Å². The zero-order valence-corrected chi connectivity index (χ0v) is 14.0. The first-order valence-electron chi connectivity index (χ1n) is 7.86. The van der Waals surface area contributed by atoms with Gasteiger partial charge in [-0.2, -0.15) is 13.2 Å². The molecule has 1 heterocycles. The van der Waals surface area contributed by atoms with Crippen LogP contribution in [0.4, 0.5) is 13.2 Å². The normalized spacial score (nSPS) is 13.2. The van der Waals surface area contributed by atoms with E-state index in [1.165, 1.54) is 24.3 Å². The smallest absolute Gasteiger partial charge is 0.352 e. The summed E-state index contributed by atoms with van der Waals surface area (Å²) in [7, 11) is 0. The van der Waals surface area contributed by atoms with Crippen molar-refractivity contribution in [1.82, 2.24) is 14.9 Å². The fraction of sp³-hybridized carbons (Fsp3) is 0.333. The van der Waals surface area contributed by atoms with Gasteiger partial charge in [0.25, 0.3) is 0 Å². The van der Waals surface area contributed by atoms with E-state index >= 15 is 0 Å². The highest BCUT2D eigenvalue weighted by atomic mass is 19.4. The van der Waals surface area contributed by atoms with Gasteiger partial charge in [0.1, 0.15) is 5.82 Å². The third-order valence-electron chi connectivity index (χ3n) is 3.70. The molecule has 1 N–H and O–H groups in total. The van der Waals surface area contributed by atoms with Crippen molar-refractivity contribution in [2.75, 3.05) is 6.54 Å². The quantitative estimate of drug-likeness (QED) is 0.807. The highest BCUT2D eigenvalue weighted by Crippen LogP contribution is 2.29. The molecule has 1 amide bonds. The molecule has 1 aromatic carbocycles. The summed E-state index contributed by atoms with van der Waals surface area (Å²) in [6.45, 7) is 5.09. The zero-order valence-electron chi connectivity index (χ0n) is 14.0. The average Bonchev–Trinajstić information content (AvgIpc) is 2.95. The molecule has 7 heteroatoms. The second-order valence-electron chi connectivity index (χ2n) is 5.93. The van der Waals surface area contributed by atoms with Crippen LogP contribution in [0, 0.1) is 12.8 Å². The highest BCUT2D eigenvalue weighted by Gasteiger charge is 2.30. The number of aryl methyl sites for hydroxylation is 1. The average molecular weight is 351 g/mol. The van der Waals surface area contributed by atoms with Gasteiger partial charge in [0.05, 0.1) is 5.56 Å². The fourth-order valence-corrected chi connectivity index (χ4v) is 2.32. The molecule has 0 fully saturated rings. The molecule has 0 saturated carbocycles. The maximum atomic E-state index is 12.7.